The third-order valence-electron chi connectivity index (χ3n) is 2.49. The molecule has 0 unspecified atom stereocenters. The minimum absolute atomic E-state index is 0.136. The molecule has 1 fully saturated rings. The predicted octanol–water partition coefficient (Wildman–Crippen LogP) is -1.17. The monoisotopic (exact) mass is 217 g/mol. The summed E-state index contributed by atoms with van der Waals surface area (Å²) in [6.45, 7) is -0.136. The summed E-state index contributed by atoms with van der Waals surface area (Å²) >= 11 is 0. The molecule has 1 aliphatic heterocycles. The van der Waals surface area contributed by atoms with Crippen molar-refractivity contribution in [2.24, 2.45) is 11.8 Å². The van der Waals surface area contributed by atoms with Crippen LogP contribution in [0.1, 0.15) is 6.42 Å². The summed E-state index contributed by atoms with van der Waals surface area (Å²) in [5.74, 6) is -5.87. The fraction of sp³-hybridized carbons (Fsp3) is 0.625. The average molecular weight is 217 g/mol. The molecule has 0 bridgehead atoms. The van der Waals surface area contributed by atoms with Gasteiger partial charge in [-0.2, -0.15) is 0 Å². The summed E-state index contributed by atoms with van der Waals surface area (Å²) < 4.78 is 0. The second kappa shape index (κ2) is 4.26. The molecule has 7 heteroatoms. The molecular formula is C8H11NO6. The Balaban J connectivity index is 2.78. The van der Waals surface area contributed by atoms with Crippen LogP contribution in [-0.2, 0) is 14.4 Å². The van der Waals surface area contributed by atoms with E-state index in [0.29, 0.717) is 0 Å². The van der Waals surface area contributed by atoms with E-state index in [4.69, 9.17) is 15.3 Å². The molecule has 84 valence electrons. The van der Waals surface area contributed by atoms with Crippen molar-refractivity contribution in [2.45, 2.75) is 12.5 Å². The molecule has 0 saturated carbocycles. The summed E-state index contributed by atoms with van der Waals surface area (Å²) in [6, 6.07) is -0.985. The van der Waals surface area contributed by atoms with Crippen molar-refractivity contribution in [1.82, 2.24) is 5.32 Å². The maximum atomic E-state index is 10.8. The molecule has 0 aromatic carbocycles. The van der Waals surface area contributed by atoms with E-state index in [0.717, 1.165) is 0 Å². The van der Waals surface area contributed by atoms with Crippen LogP contribution >= 0.6 is 0 Å². The Morgan fingerprint density at radius 1 is 0.933 bits per heavy atom. The molecule has 0 radical (unpaired) electrons. The van der Waals surface area contributed by atoms with Crippen LogP contribution in [0, 0.1) is 11.8 Å². The molecule has 0 aliphatic carbocycles. The van der Waals surface area contributed by atoms with Gasteiger partial charge in [-0.05, 0) is 6.42 Å². The average Bonchev–Trinajstić information content (AvgIpc) is 2.16. The lowest BCUT2D eigenvalue weighted by molar-refractivity contribution is -0.157. The van der Waals surface area contributed by atoms with Crippen molar-refractivity contribution in [2.75, 3.05) is 6.54 Å². The lowest BCUT2D eigenvalue weighted by atomic mass is 9.83. The van der Waals surface area contributed by atoms with E-state index in [1.807, 2.05) is 0 Å². The minimum atomic E-state index is -1.27. The number of carboxylic acids is 3. The van der Waals surface area contributed by atoms with Gasteiger partial charge in [-0.3, -0.25) is 14.4 Å². The number of rotatable bonds is 3. The maximum absolute atomic E-state index is 10.8. The molecular weight excluding hydrogens is 206 g/mol. The second-order valence-corrected chi connectivity index (χ2v) is 3.42. The first-order valence-corrected chi connectivity index (χ1v) is 4.35. The number of carbonyl (C=O) groups is 3. The molecule has 0 aromatic rings. The SMILES string of the molecule is O=C(O)[C@H]1C[C@H](C(=O)O)NC[C@H]1C(=O)O. The zero-order valence-corrected chi connectivity index (χ0v) is 7.71. The highest BCUT2D eigenvalue weighted by Crippen LogP contribution is 2.23. The van der Waals surface area contributed by atoms with Gasteiger partial charge in [0.25, 0.3) is 0 Å². The van der Waals surface area contributed by atoms with Crippen LogP contribution in [0.15, 0.2) is 0 Å². The van der Waals surface area contributed by atoms with Crippen molar-refractivity contribution >= 4 is 17.9 Å². The molecule has 3 atom stereocenters. The summed E-state index contributed by atoms with van der Waals surface area (Å²) in [6.07, 6.45) is -0.207. The van der Waals surface area contributed by atoms with E-state index in [1.54, 1.807) is 0 Å². The van der Waals surface area contributed by atoms with Gasteiger partial charge in [-0.1, -0.05) is 0 Å². The second-order valence-electron chi connectivity index (χ2n) is 3.42. The van der Waals surface area contributed by atoms with Crippen LogP contribution in [0.3, 0.4) is 0 Å². The Labute approximate surface area is 84.7 Å². The van der Waals surface area contributed by atoms with Crippen LogP contribution in [0.25, 0.3) is 0 Å². The van der Waals surface area contributed by atoms with Crippen molar-refractivity contribution in [1.29, 1.82) is 0 Å². The standard InChI is InChI=1S/C8H11NO6/c10-6(11)3-1-5(8(14)15)9-2-4(3)7(12)13/h3-5,9H,1-2H2,(H,10,11)(H,12,13)(H,14,15)/t3-,4+,5+/m0/s1. The first-order chi connectivity index (χ1) is 6.93. The van der Waals surface area contributed by atoms with Crippen LogP contribution < -0.4 is 5.32 Å². The Morgan fingerprint density at radius 3 is 1.87 bits per heavy atom. The number of hydrogen-bond donors (Lipinski definition) is 4. The number of hydrogen-bond acceptors (Lipinski definition) is 4. The molecule has 1 aliphatic rings. The first kappa shape index (κ1) is 11.4. The van der Waals surface area contributed by atoms with Crippen molar-refractivity contribution < 1.29 is 29.7 Å². The van der Waals surface area contributed by atoms with Gasteiger partial charge >= 0.3 is 17.9 Å². The molecule has 1 heterocycles. The Hall–Kier alpha value is -1.63. The third kappa shape index (κ3) is 2.44. The molecule has 4 N–H and O–H groups in total. The fourth-order valence-electron chi connectivity index (χ4n) is 1.63. The number of piperidine rings is 1. The highest BCUT2D eigenvalue weighted by Gasteiger charge is 2.41. The highest BCUT2D eigenvalue weighted by atomic mass is 16.4. The van der Waals surface area contributed by atoms with E-state index in [-0.39, 0.29) is 13.0 Å². The third-order valence-corrected chi connectivity index (χ3v) is 2.49. The van der Waals surface area contributed by atoms with E-state index < -0.39 is 35.8 Å². The summed E-state index contributed by atoms with van der Waals surface area (Å²) in [5, 5.41) is 28.7. The van der Waals surface area contributed by atoms with Gasteiger partial charge in [0, 0.05) is 6.54 Å². The Morgan fingerprint density at radius 2 is 1.47 bits per heavy atom. The summed E-state index contributed by atoms with van der Waals surface area (Å²) in [5.41, 5.74) is 0. The smallest absolute Gasteiger partial charge is 0.320 e. The topological polar surface area (TPSA) is 124 Å². The fourth-order valence-corrected chi connectivity index (χ4v) is 1.63. The van der Waals surface area contributed by atoms with Gasteiger partial charge in [0.05, 0.1) is 11.8 Å². The molecule has 1 rings (SSSR count). The highest BCUT2D eigenvalue weighted by molar-refractivity contribution is 5.82. The van der Waals surface area contributed by atoms with E-state index in [9.17, 15) is 14.4 Å². The lowest BCUT2D eigenvalue weighted by Crippen LogP contribution is -2.52. The van der Waals surface area contributed by atoms with Crippen molar-refractivity contribution in [3.8, 4) is 0 Å². The van der Waals surface area contributed by atoms with Gasteiger partial charge < -0.3 is 20.6 Å². The Kier molecular flexibility index (Phi) is 3.25. The maximum Gasteiger partial charge on any atom is 0.320 e. The normalized spacial score (nSPS) is 30.8. The number of nitrogens with one attached hydrogen (secondary N) is 1. The molecule has 15 heavy (non-hydrogen) atoms. The quantitative estimate of drug-likeness (QED) is 0.469. The van der Waals surface area contributed by atoms with E-state index in [1.165, 1.54) is 0 Å². The van der Waals surface area contributed by atoms with Crippen molar-refractivity contribution in [3.63, 3.8) is 0 Å². The Bertz CT molecular complexity index is 302. The number of carboxylic acid groups (broad SMARTS) is 3. The summed E-state index contributed by atoms with van der Waals surface area (Å²) in [7, 11) is 0. The van der Waals surface area contributed by atoms with Crippen molar-refractivity contribution in [3.05, 3.63) is 0 Å². The van der Waals surface area contributed by atoms with Gasteiger partial charge in [-0.15, -0.1) is 0 Å². The summed E-state index contributed by atoms with van der Waals surface area (Å²) in [4.78, 5) is 32.0. The first-order valence-electron chi connectivity index (χ1n) is 4.35. The molecule has 0 spiro atoms. The zero-order chi connectivity index (χ0) is 11.6. The van der Waals surface area contributed by atoms with Gasteiger partial charge in [0.2, 0.25) is 0 Å². The van der Waals surface area contributed by atoms with Gasteiger partial charge in [0.1, 0.15) is 6.04 Å². The van der Waals surface area contributed by atoms with Crippen LogP contribution in [0.4, 0.5) is 0 Å². The van der Waals surface area contributed by atoms with Crippen LogP contribution in [0.2, 0.25) is 0 Å². The number of aliphatic carboxylic acids is 3. The van der Waals surface area contributed by atoms with E-state index in [2.05, 4.69) is 5.32 Å². The molecule has 1 saturated heterocycles. The molecule has 7 nitrogen and oxygen atoms in total. The molecule has 0 amide bonds. The van der Waals surface area contributed by atoms with Crippen LogP contribution in [0.5, 0.6) is 0 Å². The van der Waals surface area contributed by atoms with Gasteiger partial charge in [-0.25, -0.2) is 0 Å². The molecule has 0 aromatic heterocycles. The minimum Gasteiger partial charge on any atom is -0.481 e. The zero-order valence-electron chi connectivity index (χ0n) is 7.71. The predicted molar refractivity (Wildman–Crippen MR) is 46.3 cm³/mol. The van der Waals surface area contributed by atoms with Gasteiger partial charge in [0.15, 0.2) is 0 Å². The van der Waals surface area contributed by atoms with E-state index >= 15 is 0 Å². The largest absolute Gasteiger partial charge is 0.481 e. The van der Waals surface area contributed by atoms with Crippen LogP contribution in [-0.4, -0.2) is 45.8 Å². The lowest BCUT2D eigenvalue weighted by Gasteiger charge is -2.30.